The predicted octanol–water partition coefficient (Wildman–Crippen LogP) is 3.21. The van der Waals surface area contributed by atoms with Gasteiger partial charge in [0.05, 0.1) is 12.1 Å². The first-order chi connectivity index (χ1) is 15.4. The molecule has 1 fully saturated rings. The number of nitrogens with one attached hydrogen (secondary N) is 2. The third-order valence-electron chi connectivity index (χ3n) is 5.89. The minimum absolute atomic E-state index is 0. The SMILES string of the molecule is CC(NC(=NCC(=O)N(C)C)NCC1CC(=O)N(C)C1c1ccccc1)c1ccccc1.I. The van der Waals surface area contributed by atoms with Gasteiger partial charge in [-0.05, 0) is 18.1 Å². The van der Waals surface area contributed by atoms with Gasteiger partial charge in [-0.3, -0.25) is 9.59 Å². The van der Waals surface area contributed by atoms with Crippen LogP contribution in [0.15, 0.2) is 65.7 Å². The lowest BCUT2D eigenvalue weighted by Gasteiger charge is -2.27. The molecule has 3 atom stereocenters. The number of halogens is 1. The minimum Gasteiger partial charge on any atom is -0.356 e. The second-order valence-corrected chi connectivity index (χ2v) is 8.43. The summed E-state index contributed by atoms with van der Waals surface area (Å²) >= 11 is 0. The molecule has 33 heavy (non-hydrogen) atoms. The van der Waals surface area contributed by atoms with E-state index < -0.39 is 0 Å². The number of rotatable bonds is 7. The van der Waals surface area contributed by atoms with E-state index in [1.165, 1.54) is 4.90 Å². The molecule has 0 spiro atoms. The van der Waals surface area contributed by atoms with Crippen molar-refractivity contribution in [3.05, 3.63) is 71.8 Å². The van der Waals surface area contributed by atoms with Gasteiger partial charge in [-0.1, -0.05) is 60.7 Å². The Morgan fingerprint density at radius 2 is 1.73 bits per heavy atom. The lowest BCUT2D eigenvalue weighted by molar-refractivity contribution is -0.128. The van der Waals surface area contributed by atoms with E-state index in [1.807, 2.05) is 48.3 Å². The van der Waals surface area contributed by atoms with Crippen LogP contribution in [0.4, 0.5) is 0 Å². The van der Waals surface area contributed by atoms with Crippen molar-refractivity contribution in [2.24, 2.45) is 10.9 Å². The van der Waals surface area contributed by atoms with Crippen LogP contribution >= 0.6 is 24.0 Å². The van der Waals surface area contributed by atoms with Gasteiger partial charge in [-0.15, -0.1) is 24.0 Å². The van der Waals surface area contributed by atoms with Crippen LogP contribution in [0.3, 0.4) is 0 Å². The Kier molecular flexibility index (Phi) is 10.1. The Hall–Kier alpha value is -2.62. The molecular formula is C25H34IN5O2. The van der Waals surface area contributed by atoms with Crippen molar-refractivity contribution in [2.45, 2.75) is 25.4 Å². The largest absolute Gasteiger partial charge is 0.356 e. The normalized spacial score (nSPS) is 19.0. The Labute approximate surface area is 213 Å². The second-order valence-electron chi connectivity index (χ2n) is 8.43. The average Bonchev–Trinajstić information content (AvgIpc) is 3.09. The maximum Gasteiger partial charge on any atom is 0.243 e. The van der Waals surface area contributed by atoms with Crippen LogP contribution in [-0.4, -0.2) is 61.8 Å². The summed E-state index contributed by atoms with van der Waals surface area (Å²) < 4.78 is 0. The number of hydrogen-bond acceptors (Lipinski definition) is 3. The molecule has 2 aromatic rings. The number of carbonyl (C=O) groups excluding carboxylic acids is 2. The number of carbonyl (C=O) groups is 2. The maximum absolute atomic E-state index is 12.5. The Balaban J connectivity index is 0.00000385. The molecule has 0 bridgehead atoms. The van der Waals surface area contributed by atoms with Crippen LogP contribution in [0.25, 0.3) is 0 Å². The third kappa shape index (κ3) is 7.18. The number of aliphatic imine (C=N–C) groups is 1. The van der Waals surface area contributed by atoms with Gasteiger partial charge in [-0.2, -0.15) is 0 Å². The van der Waals surface area contributed by atoms with Gasteiger partial charge in [0.15, 0.2) is 5.96 Å². The standard InChI is InChI=1S/C25H33N5O2.HI/c1-18(19-11-7-5-8-12-19)28-25(27-17-23(32)29(2)3)26-16-21-15-22(31)30(4)24(21)20-13-9-6-10-14-20;/h5-14,18,21,24H,15-17H2,1-4H3,(H2,26,27,28);1H. The number of amides is 2. The molecule has 3 unspecified atom stereocenters. The highest BCUT2D eigenvalue weighted by Gasteiger charge is 2.38. The highest BCUT2D eigenvalue weighted by molar-refractivity contribution is 14.0. The zero-order valence-corrected chi connectivity index (χ0v) is 22.0. The number of likely N-dealkylation sites (N-methyl/N-ethyl adjacent to an activating group) is 1. The van der Waals surface area contributed by atoms with Gasteiger partial charge < -0.3 is 20.4 Å². The lowest BCUT2D eigenvalue weighted by Crippen LogP contribution is -2.42. The zero-order valence-electron chi connectivity index (χ0n) is 19.7. The summed E-state index contributed by atoms with van der Waals surface area (Å²) in [6.07, 6.45) is 0.473. The van der Waals surface area contributed by atoms with Crippen molar-refractivity contribution >= 4 is 41.8 Å². The van der Waals surface area contributed by atoms with Gasteiger partial charge in [0.25, 0.3) is 0 Å². The maximum atomic E-state index is 12.5. The van der Waals surface area contributed by atoms with Gasteiger partial charge in [-0.25, -0.2) is 4.99 Å². The lowest BCUT2D eigenvalue weighted by atomic mass is 9.93. The van der Waals surface area contributed by atoms with Crippen LogP contribution in [0, 0.1) is 5.92 Å². The van der Waals surface area contributed by atoms with Gasteiger partial charge >= 0.3 is 0 Å². The predicted molar refractivity (Wildman–Crippen MR) is 142 cm³/mol. The summed E-state index contributed by atoms with van der Waals surface area (Å²) in [7, 11) is 5.30. The summed E-state index contributed by atoms with van der Waals surface area (Å²) in [4.78, 5) is 32.4. The first kappa shape index (κ1) is 26.6. The van der Waals surface area contributed by atoms with E-state index in [0.29, 0.717) is 18.9 Å². The van der Waals surface area contributed by atoms with Gasteiger partial charge in [0, 0.05) is 40.0 Å². The molecular weight excluding hydrogens is 529 g/mol. The molecule has 0 saturated carbocycles. The molecule has 3 rings (SSSR count). The summed E-state index contributed by atoms with van der Waals surface area (Å²) in [5, 5.41) is 6.78. The molecule has 1 heterocycles. The zero-order chi connectivity index (χ0) is 23.1. The van der Waals surface area contributed by atoms with Crippen LogP contribution < -0.4 is 10.6 Å². The molecule has 2 N–H and O–H groups in total. The van der Waals surface area contributed by atoms with Crippen LogP contribution in [0.5, 0.6) is 0 Å². The Bertz CT molecular complexity index is 936. The van der Waals surface area contributed by atoms with Crippen molar-refractivity contribution in [3.8, 4) is 0 Å². The average molecular weight is 563 g/mol. The molecule has 0 aliphatic carbocycles. The summed E-state index contributed by atoms with van der Waals surface area (Å²) in [6.45, 7) is 2.68. The molecule has 8 heteroatoms. The van der Waals surface area contributed by atoms with E-state index in [-0.39, 0.29) is 60.3 Å². The topological polar surface area (TPSA) is 77.0 Å². The smallest absolute Gasteiger partial charge is 0.243 e. The Morgan fingerprint density at radius 3 is 2.33 bits per heavy atom. The van der Waals surface area contributed by atoms with Crippen molar-refractivity contribution in [1.29, 1.82) is 0 Å². The van der Waals surface area contributed by atoms with E-state index in [2.05, 4.69) is 46.8 Å². The molecule has 7 nitrogen and oxygen atoms in total. The van der Waals surface area contributed by atoms with Crippen molar-refractivity contribution < 1.29 is 9.59 Å². The molecule has 178 valence electrons. The molecule has 0 radical (unpaired) electrons. The van der Waals surface area contributed by atoms with E-state index in [1.54, 1.807) is 14.1 Å². The molecule has 1 saturated heterocycles. The molecule has 2 aromatic carbocycles. The number of hydrogen-bond donors (Lipinski definition) is 2. The van der Waals surface area contributed by atoms with E-state index in [9.17, 15) is 9.59 Å². The molecule has 0 aromatic heterocycles. The molecule has 2 amide bonds. The summed E-state index contributed by atoms with van der Waals surface area (Å²) in [6, 6.07) is 20.2. The molecule has 1 aliphatic rings. The fraction of sp³-hybridized carbons (Fsp3) is 0.400. The number of likely N-dealkylation sites (tertiary alicyclic amines) is 1. The summed E-state index contributed by atoms with van der Waals surface area (Å²) in [5.41, 5.74) is 2.25. The van der Waals surface area contributed by atoms with Crippen LogP contribution in [-0.2, 0) is 9.59 Å². The van der Waals surface area contributed by atoms with Crippen LogP contribution in [0.1, 0.15) is 36.6 Å². The minimum atomic E-state index is -0.0728. The number of nitrogens with zero attached hydrogens (tertiary/aromatic N) is 3. The number of benzene rings is 2. The highest BCUT2D eigenvalue weighted by Crippen LogP contribution is 2.36. The second kappa shape index (κ2) is 12.6. The van der Waals surface area contributed by atoms with E-state index in [4.69, 9.17) is 0 Å². The first-order valence-electron chi connectivity index (χ1n) is 11.0. The summed E-state index contributed by atoms with van der Waals surface area (Å²) in [5.74, 6) is 0.720. The van der Waals surface area contributed by atoms with E-state index >= 15 is 0 Å². The van der Waals surface area contributed by atoms with E-state index in [0.717, 1.165) is 11.1 Å². The van der Waals surface area contributed by atoms with Gasteiger partial charge in [0.2, 0.25) is 11.8 Å². The van der Waals surface area contributed by atoms with Crippen molar-refractivity contribution in [3.63, 3.8) is 0 Å². The van der Waals surface area contributed by atoms with Crippen molar-refractivity contribution in [1.82, 2.24) is 20.4 Å². The van der Waals surface area contributed by atoms with Gasteiger partial charge in [0.1, 0.15) is 6.54 Å². The fourth-order valence-electron chi connectivity index (χ4n) is 3.98. The highest BCUT2D eigenvalue weighted by atomic mass is 127. The monoisotopic (exact) mass is 563 g/mol. The molecule has 1 aliphatic heterocycles. The Morgan fingerprint density at radius 1 is 1.12 bits per heavy atom. The third-order valence-corrected chi connectivity index (χ3v) is 5.89. The number of guanidine groups is 1. The first-order valence-corrected chi connectivity index (χ1v) is 11.0. The quantitative estimate of drug-likeness (QED) is 0.308. The fourth-order valence-corrected chi connectivity index (χ4v) is 3.98. The van der Waals surface area contributed by atoms with Crippen LogP contribution in [0.2, 0.25) is 0 Å². The van der Waals surface area contributed by atoms with Crippen molar-refractivity contribution in [2.75, 3.05) is 34.2 Å².